The zero-order chi connectivity index (χ0) is 14.1. The molecule has 0 aliphatic heterocycles. The Kier molecular flexibility index (Phi) is 3.67. The molecule has 1 aromatic rings. The van der Waals surface area contributed by atoms with Gasteiger partial charge in [-0.05, 0) is 17.4 Å². The van der Waals surface area contributed by atoms with Gasteiger partial charge in [0.25, 0.3) is 6.43 Å². The van der Waals surface area contributed by atoms with E-state index in [1.165, 1.54) is 0 Å². The highest BCUT2D eigenvalue weighted by molar-refractivity contribution is 5.41. The van der Waals surface area contributed by atoms with Gasteiger partial charge in [-0.25, -0.2) is 8.78 Å². The van der Waals surface area contributed by atoms with Crippen LogP contribution in [-0.2, 0) is 0 Å². The number of hydrogen-bond acceptors (Lipinski definition) is 4. The van der Waals surface area contributed by atoms with Gasteiger partial charge in [-0.3, -0.25) is 0 Å². The van der Waals surface area contributed by atoms with E-state index in [4.69, 9.17) is 0 Å². The fourth-order valence-corrected chi connectivity index (χ4v) is 1.18. The zero-order valence-corrected chi connectivity index (χ0v) is 8.66. The van der Waals surface area contributed by atoms with Gasteiger partial charge in [0.05, 0.1) is 0 Å². The Balaban J connectivity index is 3.38. The van der Waals surface area contributed by atoms with Crippen LogP contribution >= 0.6 is 0 Å². The second-order valence-electron chi connectivity index (χ2n) is 3.12. The Morgan fingerprint density at radius 2 is 2.00 bits per heavy atom. The molecule has 0 bridgehead atoms. The highest BCUT2D eigenvalue weighted by Gasteiger charge is 2.38. The van der Waals surface area contributed by atoms with E-state index < -0.39 is 40.5 Å². The summed E-state index contributed by atoms with van der Waals surface area (Å²) in [5, 5.41) is 10.4. The lowest BCUT2D eigenvalue weighted by Crippen LogP contribution is -2.20. The minimum Gasteiger partial charge on any atom is -0.366 e. The third-order valence-corrected chi connectivity index (χ3v) is 1.83. The summed E-state index contributed by atoms with van der Waals surface area (Å²) in [6, 6.07) is 0.644. The number of alkyl halides is 5. The summed E-state index contributed by atoms with van der Waals surface area (Å²) in [4.78, 5) is 12.1. The molecule has 0 aliphatic rings. The van der Waals surface area contributed by atoms with E-state index >= 15 is 0 Å². The van der Waals surface area contributed by atoms with Gasteiger partial charge in [-0.1, -0.05) is 0 Å². The third-order valence-electron chi connectivity index (χ3n) is 1.83. The first-order chi connectivity index (χ1) is 8.11. The first-order valence-electron chi connectivity index (χ1n) is 4.31. The molecule has 0 N–H and O–H groups in total. The fraction of sp³-hybridized carbons (Fsp3) is 0.375. The summed E-state index contributed by atoms with van der Waals surface area (Å²) < 4.78 is 64.3. The predicted molar refractivity (Wildman–Crippen MR) is 47.3 cm³/mol. The van der Waals surface area contributed by atoms with Crippen LogP contribution in [0.1, 0.15) is 17.6 Å². The zero-order valence-electron chi connectivity index (χ0n) is 8.66. The smallest absolute Gasteiger partial charge is 0.366 e. The Bertz CT molecular complexity index is 475. The lowest BCUT2D eigenvalue weighted by Gasteiger charge is -2.10. The maximum atomic E-state index is 12.5. The van der Waals surface area contributed by atoms with E-state index in [0.29, 0.717) is 6.07 Å². The minimum atomic E-state index is -5.27. The Morgan fingerprint density at radius 3 is 2.39 bits per heavy atom. The number of ether oxygens (including phenoxy) is 1. The molecule has 1 heterocycles. The number of nitro groups is 1. The van der Waals surface area contributed by atoms with Crippen molar-refractivity contribution in [1.29, 1.82) is 0 Å². The van der Waals surface area contributed by atoms with Gasteiger partial charge in [0.2, 0.25) is 0 Å². The molecule has 100 valence electrons. The normalized spacial score (nSPS) is 11.7. The first-order valence-corrected chi connectivity index (χ1v) is 4.31. The van der Waals surface area contributed by atoms with Gasteiger partial charge in [-0.15, -0.1) is 13.2 Å². The molecule has 10 heteroatoms. The van der Waals surface area contributed by atoms with E-state index in [1.807, 2.05) is 0 Å². The van der Waals surface area contributed by atoms with Crippen LogP contribution in [0.5, 0.6) is 5.88 Å². The van der Waals surface area contributed by atoms with Gasteiger partial charge in [0.1, 0.15) is 5.56 Å². The average molecular weight is 272 g/mol. The SMILES string of the molecule is Cc1cc([N+](=O)[O-])nc(OC(F)(F)F)c1C(F)F. The molecule has 0 saturated carbocycles. The van der Waals surface area contributed by atoms with E-state index in [1.54, 1.807) is 0 Å². The molecule has 0 atom stereocenters. The molecule has 0 fully saturated rings. The lowest BCUT2D eigenvalue weighted by atomic mass is 10.1. The van der Waals surface area contributed by atoms with Crippen molar-refractivity contribution in [3.05, 3.63) is 27.3 Å². The van der Waals surface area contributed by atoms with Crippen LogP contribution in [0.25, 0.3) is 0 Å². The van der Waals surface area contributed by atoms with Crippen LogP contribution in [-0.4, -0.2) is 16.3 Å². The molecule has 1 aromatic heterocycles. The van der Waals surface area contributed by atoms with Crippen molar-refractivity contribution in [3.8, 4) is 5.88 Å². The van der Waals surface area contributed by atoms with Gasteiger partial charge in [0, 0.05) is 11.1 Å². The number of nitrogens with zero attached hydrogens (tertiary/aromatic N) is 2. The fourth-order valence-electron chi connectivity index (χ4n) is 1.18. The predicted octanol–water partition coefficient (Wildman–Crippen LogP) is 3.13. The molecule has 0 spiro atoms. The first kappa shape index (κ1) is 14.1. The van der Waals surface area contributed by atoms with E-state index in [-0.39, 0.29) is 0 Å². The number of aryl methyl sites for hydroxylation is 1. The number of pyridine rings is 1. The summed E-state index contributed by atoms with van der Waals surface area (Å²) in [5.74, 6) is -2.51. The number of rotatable bonds is 3. The Morgan fingerprint density at radius 1 is 1.44 bits per heavy atom. The quantitative estimate of drug-likeness (QED) is 0.481. The lowest BCUT2D eigenvalue weighted by molar-refractivity contribution is -0.390. The van der Waals surface area contributed by atoms with E-state index in [0.717, 1.165) is 6.92 Å². The molecular formula is C8H5F5N2O3. The molecule has 0 saturated heterocycles. The molecule has 0 aliphatic carbocycles. The highest BCUT2D eigenvalue weighted by Crippen LogP contribution is 2.35. The summed E-state index contributed by atoms with van der Waals surface area (Å²) in [6.07, 6.45) is -8.56. The van der Waals surface area contributed by atoms with Crippen molar-refractivity contribution < 1.29 is 31.6 Å². The largest absolute Gasteiger partial charge is 0.575 e. The van der Waals surface area contributed by atoms with Gasteiger partial charge in [0.15, 0.2) is 0 Å². The summed E-state index contributed by atoms with van der Waals surface area (Å²) in [7, 11) is 0. The van der Waals surface area contributed by atoms with Crippen LogP contribution in [0.3, 0.4) is 0 Å². The second-order valence-corrected chi connectivity index (χ2v) is 3.12. The third kappa shape index (κ3) is 3.25. The van der Waals surface area contributed by atoms with Crippen molar-refractivity contribution in [2.75, 3.05) is 0 Å². The van der Waals surface area contributed by atoms with E-state index in [2.05, 4.69) is 9.72 Å². The second kappa shape index (κ2) is 4.70. The average Bonchev–Trinajstić information content (AvgIpc) is 2.12. The molecule has 5 nitrogen and oxygen atoms in total. The van der Waals surface area contributed by atoms with Gasteiger partial charge >= 0.3 is 18.1 Å². The molecule has 0 aromatic carbocycles. The molecule has 0 amide bonds. The topological polar surface area (TPSA) is 65.3 Å². The standard InChI is InChI=1S/C8H5F5N2O3/c1-3-2-4(15(16)17)14-7(5(3)6(9)10)18-8(11,12)13/h2,6H,1H3. The molecular weight excluding hydrogens is 267 g/mol. The van der Waals surface area contributed by atoms with Crippen LogP contribution in [0, 0.1) is 17.0 Å². The van der Waals surface area contributed by atoms with Crippen molar-refractivity contribution in [3.63, 3.8) is 0 Å². The monoisotopic (exact) mass is 272 g/mol. The number of halogens is 5. The van der Waals surface area contributed by atoms with Crippen molar-refractivity contribution >= 4 is 5.82 Å². The number of aromatic nitrogens is 1. The summed E-state index contributed by atoms with van der Waals surface area (Å²) in [6.45, 7) is 0.999. The van der Waals surface area contributed by atoms with Crippen molar-refractivity contribution in [2.45, 2.75) is 19.7 Å². The molecule has 0 radical (unpaired) electrons. The summed E-state index contributed by atoms with van der Waals surface area (Å²) >= 11 is 0. The Hall–Kier alpha value is -2.00. The van der Waals surface area contributed by atoms with Gasteiger partial charge < -0.3 is 14.9 Å². The maximum absolute atomic E-state index is 12.5. The molecule has 0 unspecified atom stereocenters. The molecule has 18 heavy (non-hydrogen) atoms. The maximum Gasteiger partial charge on any atom is 0.575 e. The number of hydrogen-bond donors (Lipinski definition) is 0. The summed E-state index contributed by atoms with van der Waals surface area (Å²) in [5.41, 5.74) is -1.54. The minimum absolute atomic E-state index is 0.411. The van der Waals surface area contributed by atoms with Crippen LogP contribution in [0.15, 0.2) is 6.07 Å². The van der Waals surface area contributed by atoms with Crippen molar-refractivity contribution in [2.24, 2.45) is 0 Å². The van der Waals surface area contributed by atoms with Crippen LogP contribution < -0.4 is 4.74 Å². The highest BCUT2D eigenvalue weighted by atomic mass is 19.4. The van der Waals surface area contributed by atoms with Crippen LogP contribution in [0.2, 0.25) is 0 Å². The van der Waals surface area contributed by atoms with Gasteiger partial charge in [-0.2, -0.15) is 0 Å². The molecule has 1 rings (SSSR count). The van der Waals surface area contributed by atoms with Crippen LogP contribution in [0.4, 0.5) is 27.8 Å². The Labute approximate surface area is 96.3 Å². The van der Waals surface area contributed by atoms with E-state index in [9.17, 15) is 32.1 Å². The van der Waals surface area contributed by atoms with Crippen molar-refractivity contribution in [1.82, 2.24) is 4.98 Å².